The van der Waals surface area contributed by atoms with Crippen LogP contribution in [0.4, 0.5) is 0 Å². The summed E-state index contributed by atoms with van der Waals surface area (Å²) in [6, 6.07) is 8.03. The number of Topliss-reactive ketones (excluding diaryl/α,β-unsaturated/α-hetero) is 2. The third-order valence-electron chi connectivity index (χ3n) is 8.53. The van der Waals surface area contributed by atoms with Crippen molar-refractivity contribution < 1.29 is 43.9 Å². The second-order valence-electron chi connectivity index (χ2n) is 11.2. The minimum absolute atomic E-state index is 0.0298. The molecule has 0 amide bonds. The number of ketones is 2. The van der Waals surface area contributed by atoms with Crippen molar-refractivity contribution in [2.75, 3.05) is 0 Å². The molecule has 2 aromatic carbocycles. The van der Waals surface area contributed by atoms with E-state index in [1.807, 2.05) is 6.92 Å². The highest BCUT2D eigenvalue weighted by atomic mass is 16.7. The summed E-state index contributed by atoms with van der Waals surface area (Å²) < 4.78 is 17.6. The molecule has 210 valence electrons. The molecule has 2 aliphatic heterocycles. The Kier molecular flexibility index (Phi) is 6.56. The number of phenolic OH excluding ortho intramolecular Hbond substituents is 1. The van der Waals surface area contributed by atoms with Gasteiger partial charge in [0.1, 0.15) is 23.7 Å². The maximum absolute atomic E-state index is 14.4. The fraction of sp³-hybridized carbons (Fsp3) is 0.452. The van der Waals surface area contributed by atoms with Gasteiger partial charge in [0.15, 0.2) is 11.6 Å². The molecule has 2 aromatic rings. The Morgan fingerprint density at radius 1 is 1.07 bits per heavy atom. The summed E-state index contributed by atoms with van der Waals surface area (Å²) in [4.78, 5) is 41.8. The van der Waals surface area contributed by atoms with E-state index < -0.39 is 60.1 Å². The maximum Gasteiger partial charge on any atom is 0.310 e. The van der Waals surface area contributed by atoms with Gasteiger partial charge in [0.25, 0.3) is 0 Å². The first kappa shape index (κ1) is 26.7. The first-order valence-corrected chi connectivity index (χ1v) is 13.8. The van der Waals surface area contributed by atoms with E-state index in [4.69, 9.17) is 14.2 Å². The number of carbonyl (C=O) groups excluding carboxylic acids is 3. The summed E-state index contributed by atoms with van der Waals surface area (Å²) in [6.45, 7) is 5.43. The first-order chi connectivity index (χ1) is 19.1. The summed E-state index contributed by atoms with van der Waals surface area (Å²) in [5.74, 6) is -2.69. The Balaban J connectivity index is 1.50. The Hall–Kier alpha value is -3.53. The number of hydrogen-bond donors (Lipinski definition) is 3. The minimum Gasteiger partial charge on any atom is -0.507 e. The van der Waals surface area contributed by atoms with Crippen molar-refractivity contribution in [2.45, 2.75) is 77.2 Å². The predicted octanol–water partition coefficient (Wildman–Crippen LogP) is 3.80. The van der Waals surface area contributed by atoms with Gasteiger partial charge in [0.2, 0.25) is 6.29 Å². The average Bonchev–Trinajstić information content (AvgIpc) is 3.24. The van der Waals surface area contributed by atoms with Gasteiger partial charge < -0.3 is 29.5 Å². The van der Waals surface area contributed by atoms with E-state index in [1.54, 1.807) is 32.0 Å². The van der Waals surface area contributed by atoms with Crippen molar-refractivity contribution in [3.8, 4) is 11.5 Å². The van der Waals surface area contributed by atoms with Gasteiger partial charge in [-0.25, -0.2) is 0 Å². The van der Waals surface area contributed by atoms with Gasteiger partial charge in [-0.05, 0) is 38.0 Å². The van der Waals surface area contributed by atoms with Gasteiger partial charge in [0, 0.05) is 40.2 Å². The number of ether oxygens (including phenoxy) is 3. The minimum atomic E-state index is -1.08. The Morgan fingerprint density at radius 3 is 2.58 bits per heavy atom. The van der Waals surface area contributed by atoms with E-state index in [9.17, 15) is 29.7 Å². The van der Waals surface area contributed by atoms with Crippen LogP contribution in [0, 0.1) is 18.8 Å². The van der Waals surface area contributed by atoms with Crippen LogP contribution in [0.1, 0.15) is 83.0 Å². The van der Waals surface area contributed by atoms with Gasteiger partial charge in [0.05, 0.1) is 23.7 Å². The highest BCUT2D eigenvalue weighted by Crippen LogP contribution is 2.57. The number of rotatable bonds is 5. The van der Waals surface area contributed by atoms with E-state index in [2.05, 4.69) is 0 Å². The van der Waals surface area contributed by atoms with Gasteiger partial charge in [-0.2, -0.15) is 0 Å². The maximum atomic E-state index is 14.4. The SMILES string of the molecule is CCCC[C@H]1C(=O)O[C@@H]2c3cc(C)cc(O)c3C3=C(C(=O)c4c(OC5C[C@@H](O)[C@@H](O)[C@H](C)O5)cccc4C3=O)C21. The highest BCUT2D eigenvalue weighted by molar-refractivity contribution is 6.42. The molecule has 2 saturated heterocycles. The molecule has 0 bridgehead atoms. The van der Waals surface area contributed by atoms with E-state index in [0.717, 1.165) is 18.4 Å². The molecule has 0 spiro atoms. The lowest BCUT2D eigenvalue weighted by Crippen LogP contribution is -2.48. The molecule has 0 aromatic heterocycles. The number of esters is 1. The second-order valence-corrected chi connectivity index (χ2v) is 11.2. The van der Waals surface area contributed by atoms with Crippen LogP contribution in [-0.2, 0) is 14.3 Å². The molecule has 9 heteroatoms. The van der Waals surface area contributed by atoms with Crippen molar-refractivity contribution in [3.05, 3.63) is 63.7 Å². The average molecular weight is 549 g/mol. The van der Waals surface area contributed by atoms with Crippen LogP contribution in [0.15, 0.2) is 35.9 Å². The van der Waals surface area contributed by atoms with Gasteiger partial charge >= 0.3 is 5.97 Å². The molecule has 2 aliphatic carbocycles. The number of aliphatic hydroxyl groups is 2. The normalized spacial score (nSPS) is 30.8. The van der Waals surface area contributed by atoms with Crippen LogP contribution in [0.5, 0.6) is 11.5 Å². The largest absolute Gasteiger partial charge is 0.507 e. The third kappa shape index (κ3) is 3.98. The molecule has 9 nitrogen and oxygen atoms in total. The molecule has 2 heterocycles. The van der Waals surface area contributed by atoms with Gasteiger partial charge in [-0.15, -0.1) is 0 Å². The zero-order valence-corrected chi connectivity index (χ0v) is 22.5. The van der Waals surface area contributed by atoms with Crippen LogP contribution in [-0.4, -0.2) is 57.5 Å². The molecule has 0 saturated carbocycles. The van der Waals surface area contributed by atoms with Gasteiger partial charge in [-0.3, -0.25) is 14.4 Å². The van der Waals surface area contributed by atoms with E-state index in [0.29, 0.717) is 12.0 Å². The summed E-state index contributed by atoms with van der Waals surface area (Å²) in [5.41, 5.74) is 1.92. The number of aliphatic hydroxyl groups excluding tert-OH is 2. The van der Waals surface area contributed by atoms with Crippen LogP contribution in [0.3, 0.4) is 0 Å². The number of benzene rings is 2. The van der Waals surface area contributed by atoms with E-state index in [1.165, 1.54) is 12.1 Å². The van der Waals surface area contributed by atoms with Crippen LogP contribution in [0.2, 0.25) is 0 Å². The lowest BCUT2D eigenvalue weighted by molar-refractivity contribution is -0.216. The molecular formula is C31H32O9. The highest BCUT2D eigenvalue weighted by Gasteiger charge is 2.55. The van der Waals surface area contributed by atoms with Crippen LogP contribution >= 0.6 is 0 Å². The number of hydrogen-bond acceptors (Lipinski definition) is 9. The quantitative estimate of drug-likeness (QED) is 0.476. The second kappa shape index (κ2) is 9.83. The number of allylic oxidation sites excluding steroid dienone is 1. The Bertz CT molecular complexity index is 1440. The molecule has 6 rings (SSSR count). The van der Waals surface area contributed by atoms with Gasteiger partial charge in [-0.1, -0.05) is 38.0 Å². The fourth-order valence-corrected chi connectivity index (χ4v) is 6.63. The molecular weight excluding hydrogens is 516 g/mol. The molecule has 4 aliphatic rings. The van der Waals surface area contributed by atoms with Crippen molar-refractivity contribution in [3.63, 3.8) is 0 Å². The predicted molar refractivity (Wildman–Crippen MR) is 142 cm³/mol. The summed E-state index contributed by atoms with van der Waals surface area (Å²) in [6.07, 6.45) is -2.56. The lowest BCUT2D eigenvalue weighted by atomic mass is 9.65. The molecule has 3 N–H and O–H groups in total. The van der Waals surface area contributed by atoms with Crippen LogP contribution in [0.25, 0.3) is 5.57 Å². The number of aryl methyl sites for hydroxylation is 1. The number of phenols is 1. The zero-order chi connectivity index (χ0) is 28.5. The van der Waals surface area contributed by atoms with E-state index >= 15 is 0 Å². The lowest BCUT2D eigenvalue weighted by Gasteiger charge is -2.37. The fourth-order valence-electron chi connectivity index (χ4n) is 6.63. The summed E-state index contributed by atoms with van der Waals surface area (Å²) in [7, 11) is 0. The summed E-state index contributed by atoms with van der Waals surface area (Å²) >= 11 is 0. The summed E-state index contributed by atoms with van der Waals surface area (Å²) in [5, 5.41) is 31.3. The number of fused-ring (bicyclic) bond motifs is 6. The first-order valence-electron chi connectivity index (χ1n) is 13.8. The van der Waals surface area contributed by atoms with Crippen molar-refractivity contribution >= 4 is 23.1 Å². The van der Waals surface area contributed by atoms with Crippen molar-refractivity contribution in [2.24, 2.45) is 11.8 Å². The van der Waals surface area contributed by atoms with E-state index in [-0.39, 0.29) is 45.8 Å². The molecule has 40 heavy (non-hydrogen) atoms. The Morgan fingerprint density at radius 2 is 1.85 bits per heavy atom. The van der Waals surface area contributed by atoms with Crippen LogP contribution < -0.4 is 4.74 Å². The van der Waals surface area contributed by atoms with Crippen molar-refractivity contribution in [1.82, 2.24) is 0 Å². The Labute approximate surface area is 231 Å². The number of unbranched alkanes of at least 4 members (excludes halogenated alkanes) is 1. The molecule has 0 radical (unpaired) electrons. The monoisotopic (exact) mass is 548 g/mol. The number of carbonyl (C=O) groups is 3. The molecule has 2 fully saturated rings. The van der Waals surface area contributed by atoms with Crippen molar-refractivity contribution in [1.29, 1.82) is 0 Å². The topological polar surface area (TPSA) is 140 Å². The smallest absolute Gasteiger partial charge is 0.310 e. The zero-order valence-electron chi connectivity index (χ0n) is 22.5. The standard InChI is InChI=1S/C31H32O9/c1-4-5-7-16-24-26-25(22-17(30(24)40-31(16)37)10-13(2)11-18(22)32)28(35)15-8-6-9-20(23(15)29(26)36)39-21-12-19(33)27(34)14(3)38-21/h6,8-11,14,16,19,21,24,27,30,32-34H,4-5,7,12H2,1-3H3/t14-,16+,19+,21?,24?,27-,30+/m0/s1. The molecule has 7 atom stereocenters. The number of aromatic hydroxyl groups is 1. The molecule has 2 unspecified atom stereocenters. The third-order valence-corrected chi connectivity index (χ3v) is 8.53.